The van der Waals surface area contributed by atoms with E-state index < -0.39 is 6.10 Å². The number of aliphatic hydroxyl groups excluding tert-OH is 1. The average Bonchev–Trinajstić information content (AvgIpc) is 2.53. The van der Waals surface area contributed by atoms with Crippen LogP contribution < -0.4 is 10.1 Å². The maximum absolute atomic E-state index is 9.98. The van der Waals surface area contributed by atoms with Crippen LogP contribution in [0.5, 0.6) is 5.75 Å². The van der Waals surface area contributed by atoms with Crippen LogP contribution in [0.1, 0.15) is 32.6 Å². The van der Waals surface area contributed by atoms with E-state index in [-0.39, 0.29) is 0 Å². The Balaban J connectivity index is 1.63. The molecule has 0 heterocycles. The highest BCUT2D eigenvalue weighted by molar-refractivity contribution is 5.46. The van der Waals surface area contributed by atoms with E-state index in [2.05, 4.69) is 12.2 Å². The summed E-state index contributed by atoms with van der Waals surface area (Å²) in [5.41, 5.74) is 0.973. The van der Waals surface area contributed by atoms with E-state index in [1.807, 2.05) is 24.3 Å². The molecule has 1 fully saturated rings. The molecule has 4 nitrogen and oxygen atoms in total. The molecule has 1 aliphatic rings. The van der Waals surface area contributed by atoms with Crippen LogP contribution in [0, 0.1) is 5.92 Å². The second-order valence-corrected chi connectivity index (χ2v) is 5.98. The van der Waals surface area contributed by atoms with E-state index in [1.54, 1.807) is 7.11 Å². The van der Waals surface area contributed by atoms with Gasteiger partial charge in [-0.15, -0.1) is 0 Å². The minimum Gasteiger partial charge on any atom is -0.497 e. The third-order valence-corrected chi connectivity index (χ3v) is 4.12. The third kappa shape index (κ3) is 5.56. The van der Waals surface area contributed by atoms with Crippen molar-refractivity contribution < 1.29 is 14.6 Å². The van der Waals surface area contributed by atoms with Crippen LogP contribution in [0.3, 0.4) is 0 Å². The van der Waals surface area contributed by atoms with E-state index in [4.69, 9.17) is 9.47 Å². The summed E-state index contributed by atoms with van der Waals surface area (Å²) in [5.74, 6) is 1.66. The van der Waals surface area contributed by atoms with Crippen LogP contribution >= 0.6 is 0 Å². The van der Waals surface area contributed by atoms with Crippen LogP contribution in [-0.2, 0) is 4.74 Å². The fraction of sp³-hybridized carbons (Fsp3) is 0.647. The molecular weight excluding hydrogens is 266 g/mol. The Bertz CT molecular complexity index is 399. The molecule has 1 saturated carbocycles. The average molecular weight is 293 g/mol. The molecule has 0 aromatic heterocycles. The van der Waals surface area contributed by atoms with Crippen LogP contribution in [0.4, 0.5) is 5.69 Å². The molecule has 1 unspecified atom stereocenters. The summed E-state index contributed by atoms with van der Waals surface area (Å²) in [7, 11) is 1.65. The molecule has 0 saturated heterocycles. The quantitative estimate of drug-likeness (QED) is 0.811. The SMILES string of the molecule is COc1ccc(NCC(O)COC2CCC(C)CC2)cc1. The van der Waals surface area contributed by atoms with Crippen LogP contribution in [-0.4, -0.2) is 37.6 Å². The van der Waals surface area contributed by atoms with Crippen molar-refractivity contribution in [3.63, 3.8) is 0 Å². The number of rotatable bonds is 7. The summed E-state index contributed by atoms with van der Waals surface area (Å²) in [4.78, 5) is 0. The van der Waals surface area contributed by atoms with E-state index in [9.17, 15) is 5.11 Å². The normalized spacial score (nSPS) is 23.6. The molecule has 1 aliphatic carbocycles. The number of anilines is 1. The lowest BCUT2D eigenvalue weighted by molar-refractivity contribution is -0.0245. The van der Waals surface area contributed by atoms with Gasteiger partial charge in [-0.05, 0) is 55.9 Å². The Morgan fingerprint density at radius 2 is 1.86 bits per heavy atom. The van der Waals surface area contributed by atoms with Crippen molar-refractivity contribution in [2.45, 2.75) is 44.8 Å². The lowest BCUT2D eigenvalue weighted by Gasteiger charge is -2.27. The van der Waals surface area contributed by atoms with Gasteiger partial charge in [-0.1, -0.05) is 6.92 Å². The molecule has 21 heavy (non-hydrogen) atoms. The lowest BCUT2D eigenvalue weighted by Crippen LogP contribution is -2.29. The topological polar surface area (TPSA) is 50.7 Å². The summed E-state index contributed by atoms with van der Waals surface area (Å²) < 4.78 is 10.9. The monoisotopic (exact) mass is 293 g/mol. The Hall–Kier alpha value is -1.26. The van der Waals surface area contributed by atoms with Crippen molar-refractivity contribution >= 4 is 5.69 Å². The minimum absolute atomic E-state index is 0.330. The van der Waals surface area contributed by atoms with E-state index in [0.29, 0.717) is 19.3 Å². The molecule has 2 N–H and O–H groups in total. The molecule has 0 amide bonds. The highest BCUT2D eigenvalue weighted by Crippen LogP contribution is 2.25. The van der Waals surface area contributed by atoms with Gasteiger partial charge in [0.25, 0.3) is 0 Å². The molecule has 0 bridgehead atoms. The molecule has 1 aromatic rings. The van der Waals surface area contributed by atoms with Crippen LogP contribution in [0.2, 0.25) is 0 Å². The van der Waals surface area contributed by atoms with Crippen LogP contribution in [0.15, 0.2) is 24.3 Å². The molecule has 2 rings (SSSR count). The van der Waals surface area contributed by atoms with Gasteiger partial charge in [-0.25, -0.2) is 0 Å². The summed E-state index contributed by atoms with van der Waals surface area (Å²) in [6.45, 7) is 3.20. The fourth-order valence-corrected chi connectivity index (χ4v) is 2.65. The molecule has 1 atom stereocenters. The number of benzene rings is 1. The lowest BCUT2D eigenvalue weighted by atomic mass is 9.89. The molecular formula is C17H27NO3. The number of methoxy groups -OCH3 is 1. The number of hydrogen-bond donors (Lipinski definition) is 2. The second kappa shape index (κ2) is 8.25. The van der Waals surface area contributed by atoms with Crippen molar-refractivity contribution in [1.29, 1.82) is 0 Å². The zero-order valence-electron chi connectivity index (χ0n) is 13.0. The summed E-state index contributed by atoms with van der Waals surface area (Å²) in [6.07, 6.45) is 4.58. The highest BCUT2D eigenvalue weighted by Gasteiger charge is 2.19. The van der Waals surface area contributed by atoms with Gasteiger partial charge in [0.2, 0.25) is 0 Å². The van der Waals surface area contributed by atoms with Crippen molar-refractivity contribution in [2.24, 2.45) is 5.92 Å². The predicted molar refractivity (Wildman–Crippen MR) is 84.9 cm³/mol. The smallest absolute Gasteiger partial charge is 0.119 e. The molecule has 118 valence electrons. The summed E-state index contributed by atoms with van der Waals surface area (Å²) in [6, 6.07) is 7.67. The maximum atomic E-state index is 9.98. The Kier molecular flexibility index (Phi) is 6.33. The van der Waals surface area contributed by atoms with Crippen LogP contribution in [0.25, 0.3) is 0 Å². The van der Waals surface area contributed by atoms with Gasteiger partial charge < -0.3 is 19.9 Å². The zero-order chi connectivity index (χ0) is 15.1. The predicted octanol–water partition coefficient (Wildman–Crippen LogP) is 3.06. The third-order valence-electron chi connectivity index (χ3n) is 4.12. The first-order chi connectivity index (χ1) is 10.2. The molecule has 1 aromatic carbocycles. The van der Waals surface area contributed by atoms with E-state index in [0.717, 1.165) is 30.2 Å². The first-order valence-corrected chi connectivity index (χ1v) is 7.85. The molecule has 0 aliphatic heterocycles. The Labute approximate surface area is 127 Å². The largest absolute Gasteiger partial charge is 0.497 e. The standard InChI is InChI=1S/C17H27NO3/c1-13-3-7-17(8-4-13)21-12-15(19)11-18-14-5-9-16(20-2)10-6-14/h5-6,9-10,13,15,17-19H,3-4,7-8,11-12H2,1-2H3. The molecule has 0 spiro atoms. The number of hydrogen-bond acceptors (Lipinski definition) is 4. The fourth-order valence-electron chi connectivity index (χ4n) is 2.65. The second-order valence-electron chi connectivity index (χ2n) is 5.98. The first-order valence-electron chi connectivity index (χ1n) is 7.85. The van der Waals surface area contributed by atoms with Crippen molar-refractivity contribution in [3.05, 3.63) is 24.3 Å². The summed E-state index contributed by atoms with van der Waals surface area (Å²) >= 11 is 0. The van der Waals surface area contributed by atoms with Gasteiger partial charge in [-0.2, -0.15) is 0 Å². The van der Waals surface area contributed by atoms with Crippen molar-refractivity contribution in [2.75, 3.05) is 25.6 Å². The summed E-state index contributed by atoms with van der Waals surface area (Å²) in [5, 5.41) is 13.2. The van der Waals surface area contributed by atoms with Crippen molar-refractivity contribution in [1.82, 2.24) is 0 Å². The molecule has 0 radical (unpaired) electrons. The van der Waals surface area contributed by atoms with Gasteiger partial charge in [0.1, 0.15) is 5.75 Å². The maximum Gasteiger partial charge on any atom is 0.119 e. The van der Waals surface area contributed by atoms with Gasteiger partial charge >= 0.3 is 0 Å². The van der Waals surface area contributed by atoms with Gasteiger partial charge in [0.15, 0.2) is 0 Å². The Morgan fingerprint density at radius 3 is 2.48 bits per heavy atom. The number of ether oxygens (including phenoxy) is 2. The molecule has 4 heteroatoms. The number of nitrogens with one attached hydrogen (secondary N) is 1. The minimum atomic E-state index is -0.480. The van der Waals surface area contributed by atoms with Gasteiger partial charge in [0, 0.05) is 12.2 Å². The van der Waals surface area contributed by atoms with Gasteiger partial charge in [-0.3, -0.25) is 0 Å². The van der Waals surface area contributed by atoms with Crippen molar-refractivity contribution in [3.8, 4) is 5.75 Å². The highest BCUT2D eigenvalue weighted by atomic mass is 16.5. The van der Waals surface area contributed by atoms with Gasteiger partial charge in [0.05, 0.1) is 25.9 Å². The zero-order valence-corrected chi connectivity index (χ0v) is 13.0. The van der Waals surface area contributed by atoms with E-state index in [1.165, 1.54) is 12.8 Å². The van der Waals surface area contributed by atoms with E-state index >= 15 is 0 Å². The number of aliphatic hydroxyl groups is 1. The first kappa shape index (κ1) is 16.1. The Morgan fingerprint density at radius 1 is 1.19 bits per heavy atom.